The summed E-state index contributed by atoms with van der Waals surface area (Å²) in [6.07, 6.45) is 10.1. The Balaban J connectivity index is 2.29. The molecule has 2 unspecified atom stereocenters. The highest BCUT2D eigenvalue weighted by Crippen LogP contribution is 2.32. The predicted molar refractivity (Wildman–Crippen MR) is 105 cm³/mol. The Morgan fingerprint density at radius 1 is 0.731 bits per heavy atom. The molecule has 0 aromatic carbocycles. The third-order valence-corrected chi connectivity index (χ3v) is 5.23. The molecule has 1 saturated carbocycles. The monoisotopic (exact) mass is 368 g/mol. The van der Waals surface area contributed by atoms with E-state index in [1.807, 2.05) is 0 Å². The second-order valence-electron chi connectivity index (χ2n) is 8.61. The number of carbonyl (C=O) groups excluding carboxylic acids is 2. The van der Waals surface area contributed by atoms with Gasteiger partial charge in [0.05, 0.1) is 25.0 Å². The van der Waals surface area contributed by atoms with E-state index in [1.165, 1.54) is 19.3 Å². The lowest BCUT2D eigenvalue weighted by Gasteiger charge is -2.28. The molecule has 1 aliphatic rings. The third kappa shape index (κ3) is 9.59. The van der Waals surface area contributed by atoms with Gasteiger partial charge in [0.25, 0.3) is 0 Å². The van der Waals surface area contributed by atoms with Crippen molar-refractivity contribution in [3.05, 3.63) is 0 Å². The van der Waals surface area contributed by atoms with Crippen molar-refractivity contribution in [1.82, 2.24) is 0 Å². The highest BCUT2D eigenvalue weighted by atomic mass is 16.5. The number of esters is 2. The van der Waals surface area contributed by atoms with Gasteiger partial charge < -0.3 is 9.47 Å². The summed E-state index contributed by atoms with van der Waals surface area (Å²) in [6, 6.07) is 0. The van der Waals surface area contributed by atoms with Gasteiger partial charge in [-0.1, -0.05) is 66.2 Å². The van der Waals surface area contributed by atoms with E-state index < -0.39 is 0 Å². The molecule has 1 rings (SSSR count). The van der Waals surface area contributed by atoms with Crippen LogP contribution in [0.4, 0.5) is 0 Å². The van der Waals surface area contributed by atoms with Crippen molar-refractivity contribution < 1.29 is 19.1 Å². The first-order valence-corrected chi connectivity index (χ1v) is 10.7. The Bertz CT molecular complexity index is 403. The van der Waals surface area contributed by atoms with E-state index >= 15 is 0 Å². The first-order chi connectivity index (χ1) is 12.4. The van der Waals surface area contributed by atoms with Gasteiger partial charge in [0, 0.05) is 0 Å². The maximum absolute atomic E-state index is 12.4. The Morgan fingerprint density at radius 3 is 1.77 bits per heavy atom. The molecule has 0 saturated heterocycles. The van der Waals surface area contributed by atoms with Gasteiger partial charge in [-0.3, -0.25) is 9.59 Å². The van der Waals surface area contributed by atoms with Crippen LogP contribution in [0.5, 0.6) is 0 Å². The van der Waals surface area contributed by atoms with Crippen molar-refractivity contribution >= 4 is 11.9 Å². The zero-order chi connectivity index (χ0) is 19.4. The molecular formula is C22H40O4. The zero-order valence-electron chi connectivity index (χ0n) is 17.4. The minimum atomic E-state index is -0.311. The van der Waals surface area contributed by atoms with Gasteiger partial charge in [-0.05, 0) is 37.5 Å². The van der Waals surface area contributed by atoms with Crippen molar-refractivity contribution in [1.29, 1.82) is 0 Å². The van der Waals surface area contributed by atoms with Crippen molar-refractivity contribution in [2.75, 3.05) is 13.2 Å². The van der Waals surface area contributed by atoms with Gasteiger partial charge in [0.2, 0.25) is 0 Å². The highest BCUT2D eigenvalue weighted by molar-refractivity contribution is 5.82. The van der Waals surface area contributed by atoms with Gasteiger partial charge in [0.1, 0.15) is 0 Å². The summed E-state index contributed by atoms with van der Waals surface area (Å²) in [4.78, 5) is 24.8. The summed E-state index contributed by atoms with van der Waals surface area (Å²) >= 11 is 0. The molecule has 4 nitrogen and oxygen atoms in total. The largest absolute Gasteiger partial charge is 0.465 e. The van der Waals surface area contributed by atoms with Crippen molar-refractivity contribution in [3.8, 4) is 0 Å². The van der Waals surface area contributed by atoms with E-state index in [-0.39, 0.29) is 23.8 Å². The molecule has 0 spiro atoms. The van der Waals surface area contributed by atoms with E-state index in [2.05, 4.69) is 27.7 Å². The molecule has 0 aromatic heterocycles. The second-order valence-corrected chi connectivity index (χ2v) is 8.61. The maximum atomic E-state index is 12.4. The van der Waals surface area contributed by atoms with Gasteiger partial charge in [-0.15, -0.1) is 0 Å². The Morgan fingerprint density at radius 2 is 1.23 bits per heavy atom. The van der Waals surface area contributed by atoms with Crippen LogP contribution in [0, 0.1) is 23.7 Å². The topological polar surface area (TPSA) is 52.6 Å². The molecular weight excluding hydrogens is 328 g/mol. The van der Waals surface area contributed by atoms with Crippen molar-refractivity contribution in [2.24, 2.45) is 23.7 Å². The third-order valence-electron chi connectivity index (χ3n) is 5.23. The fourth-order valence-electron chi connectivity index (χ4n) is 3.49. The lowest BCUT2D eigenvalue weighted by Crippen LogP contribution is -2.35. The Labute approximate surface area is 160 Å². The number of hydrogen-bond acceptors (Lipinski definition) is 4. The summed E-state index contributed by atoms with van der Waals surface area (Å²) in [5, 5.41) is 0. The van der Waals surface area contributed by atoms with Crippen LogP contribution in [0.25, 0.3) is 0 Å². The molecule has 0 amide bonds. The number of unbranched alkanes of at least 4 members (excludes halogenated alkanes) is 3. The molecule has 26 heavy (non-hydrogen) atoms. The van der Waals surface area contributed by atoms with Gasteiger partial charge in [0.15, 0.2) is 0 Å². The smallest absolute Gasteiger partial charge is 0.309 e. The molecule has 2 atom stereocenters. The van der Waals surface area contributed by atoms with Crippen molar-refractivity contribution in [2.45, 2.75) is 91.9 Å². The fourth-order valence-corrected chi connectivity index (χ4v) is 3.49. The minimum Gasteiger partial charge on any atom is -0.465 e. The van der Waals surface area contributed by atoms with E-state index in [4.69, 9.17) is 9.47 Å². The predicted octanol–water partition coefficient (Wildman–Crippen LogP) is 5.53. The molecule has 0 N–H and O–H groups in total. The van der Waals surface area contributed by atoms with Crippen LogP contribution in [0.15, 0.2) is 0 Å². The standard InChI is InChI=1S/C22H40O4/c1-17(2)11-7-5-6-10-15-25-21(23)19-12-8-9-13-20(19)22(24)26-16-14-18(3)4/h17-20H,5-16H2,1-4H3. The molecule has 152 valence electrons. The second kappa shape index (κ2) is 13.2. The summed E-state index contributed by atoms with van der Waals surface area (Å²) in [5.74, 6) is 0.246. The lowest BCUT2D eigenvalue weighted by atomic mass is 9.79. The fraction of sp³-hybridized carbons (Fsp3) is 0.909. The van der Waals surface area contributed by atoms with Crippen LogP contribution < -0.4 is 0 Å². The summed E-state index contributed by atoms with van der Waals surface area (Å²) in [6.45, 7) is 9.64. The number of ether oxygens (including phenoxy) is 2. The zero-order valence-corrected chi connectivity index (χ0v) is 17.4. The van der Waals surface area contributed by atoms with E-state index in [0.29, 0.717) is 19.1 Å². The van der Waals surface area contributed by atoms with Crippen LogP contribution in [-0.4, -0.2) is 25.2 Å². The van der Waals surface area contributed by atoms with Crippen LogP contribution in [-0.2, 0) is 19.1 Å². The van der Waals surface area contributed by atoms with Crippen LogP contribution in [0.2, 0.25) is 0 Å². The van der Waals surface area contributed by atoms with E-state index in [9.17, 15) is 9.59 Å². The molecule has 0 aromatic rings. The van der Waals surface area contributed by atoms with Gasteiger partial charge in [-0.25, -0.2) is 0 Å². The normalized spacial score (nSPS) is 20.4. The average molecular weight is 369 g/mol. The number of hydrogen-bond donors (Lipinski definition) is 0. The van der Waals surface area contributed by atoms with Crippen LogP contribution in [0.3, 0.4) is 0 Å². The molecule has 0 aliphatic heterocycles. The first kappa shape index (κ1) is 23.0. The highest BCUT2D eigenvalue weighted by Gasteiger charge is 2.37. The van der Waals surface area contributed by atoms with Crippen LogP contribution in [0.1, 0.15) is 91.9 Å². The van der Waals surface area contributed by atoms with Crippen molar-refractivity contribution in [3.63, 3.8) is 0 Å². The molecule has 4 heteroatoms. The Kier molecular flexibility index (Phi) is 11.6. The molecule has 0 bridgehead atoms. The van der Waals surface area contributed by atoms with E-state index in [1.54, 1.807) is 0 Å². The minimum absolute atomic E-state index is 0.197. The lowest BCUT2D eigenvalue weighted by molar-refractivity contribution is -0.163. The molecule has 0 radical (unpaired) electrons. The Hall–Kier alpha value is -1.06. The molecule has 1 aliphatic carbocycles. The summed E-state index contributed by atoms with van der Waals surface area (Å²) in [7, 11) is 0. The maximum Gasteiger partial charge on any atom is 0.309 e. The van der Waals surface area contributed by atoms with E-state index in [0.717, 1.165) is 50.9 Å². The average Bonchev–Trinajstić information content (AvgIpc) is 2.60. The number of rotatable bonds is 12. The summed E-state index contributed by atoms with van der Waals surface area (Å²) in [5.41, 5.74) is 0. The van der Waals surface area contributed by atoms with Crippen LogP contribution >= 0.6 is 0 Å². The summed E-state index contributed by atoms with van der Waals surface area (Å²) < 4.78 is 10.9. The number of carbonyl (C=O) groups is 2. The van der Waals surface area contributed by atoms with Gasteiger partial charge >= 0.3 is 11.9 Å². The molecule has 0 heterocycles. The first-order valence-electron chi connectivity index (χ1n) is 10.7. The quantitative estimate of drug-likeness (QED) is 0.335. The van der Waals surface area contributed by atoms with Gasteiger partial charge in [-0.2, -0.15) is 0 Å². The SMILES string of the molecule is CC(C)CCCCCCOC(=O)C1CCCCC1C(=O)OCCC(C)C. The molecule has 1 fully saturated rings.